The van der Waals surface area contributed by atoms with Gasteiger partial charge in [0, 0.05) is 12.7 Å². The first-order valence-corrected chi connectivity index (χ1v) is 3.67. The van der Waals surface area contributed by atoms with E-state index in [1.54, 1.807) is 19.3 Å². The van der Waals surface area contributed by atoms with Gasteiger partial charge in [0.15, 0.2) is 0 Å². The van der Waals surface area contributed by atoms with Gasteiger partial charge in [-0.1, -0.05) is 0 Å². The average Bonchev–Trinajstić information content (AvgIpc) is 2.36. The Morgan fingerprint density at radius 1 is 1.62 bits per heavy atom. The summed E-state index contributed by atoms with van der Waals surface area (Å²) >= 11 is 0. The summed E-state index contributed by atoms with van der Waals surface area (Å²) in [4.78, 5) is 0. The van der Waals surface area contributed by atoms with Crippen LogP contribution in [0, 0.1) is 0 Å². The molecule has 0 amide bonds. The van der Waals surface area contributed by atoms with Gasteiger partial charge in [-0.3, -0.25) is 4.68 Å². The quantitative estimate of drug-likeness (QED) is 0.814. The number of hydrogen-bond donors (Lipinski definition) is 1. The number of alkyl halides is 2. The van der Waals surface area contributed by atoms with Gasteiger partial charge >= 0.3 is 0 Å². The Hall–Kier alpha value is -0.680. The van der Waals surface area contributed by atoms with E-state index in [-0.39, 0.29) is 19.0 Å². The van der Waals surface area contributed by atoms with Crippen molar-refractivity contribution in [2.24, 2.45) is 0 Å². The third kappa shape index (κ3) is 4.19. The molecule has 1 heterocycles. The molecule has 0 radical (unpaired) electrons. The van der Waals surface area contributed by atoms with Gasteiger partial charge in [0.25, 0.3) is 6.43 Å². The van der Waals surface area contributed by atoms with Crippen LogP contribution in [0.15, 0.2) is 12.3 Å². The molecular formula is C7H12ClF2N3. The van der Waals surface area contributed by atoms with Crippen molar-refractivity contribution >= 4 is 12.4 Å². The first-order chi connectivity index (χ1) is 5.72. The molecule has 1 rings (SSSR count). The van der Waals surface area contributed by atoms with E-state index in [1.165, 1.54) is 4.68 Å². The lowest BCUT2D eigenvalue weighted by Crippen LogP contribution is -2.09. The minimum Gasteiger partial charge on any atom is -0.314 e. The number of nitrogens with one attached hydrogen (secondary N) is 1. The van der Waals surface area contributed by atoms with E-state index in [0.717, 1.165) is 5.69 Å². The monoisotopic (exact) mass is 211 g/mol. The van der Waals surface area contributed by atoms with Gasteiger partial charge < -0.3 is 5.32 Å². The Morgan fingerprint density at radius 3 is 2.85 bits per heavy atom. The maximum Gasteiger partial charge on any atom is 0.257 e. The van der Waals surface area contributed by atoms with Crippen LogP contribution in [-0.2, 0) is 13.1 Å². The van der Waals surface area contributed by atoms with E-state index in [2.05, 4.69) is 10.4 Å². The number of rotatable bonds is 4. The fourth-order valence-electron chi connectivity index (χ4n) is 0.922. The number of aromatic nitrogens is 2. The molecule has 0 atom stereocenters. The zero-order chi connectivity index (χ0) is 8.97. The van der Waals surface area contributed by atoms with Crippen LogP contribution in [-0.4, -0.2) is 23.3 Å². The molecule has 76 valence electrons. The highest BCUT2D eigenvalue weighted by atomic mass is 35.5. The Kier molecular flexibility index (Phi) is 5.57. The highest BCUT2D eigenvalue weighted by Crippen LogP contribution is 1.99. The summed E-state index contributed by atoms with van der Waals surface area (Å²) in [5.41, 5.74) is 0.776. The molecule has 3 nitrogen and oxygen atoms in total. The second-order valence-electron chi connectivity index (χ2n) is 2.45. The van der Waals surface area contributed by atoms with Crippen molar-refractivity contribution in [1.29, 1.82) is 0 Å². The van der Waals surface area contributed by atoms with Crippen molar-refractivity contribution in [2.45, 2.75) is 19.5 Å². The molecule has 0 aromatic carbocycles. The van der Waals surface area contributed by atoms with E-state index in [0.29, 0.717) is 6.54 Å². The first-order valence-electron chi connectivity index (χ1n) is 3.67. The molecule has 1 aromatic rings. The van der Waals surface area contributed by atoms with E-state index < -0.39 is 6.43 Å². The summed E-state index contributed by atoms with van der Waals surface area (Å²) in [6, 6.07) is 1.72. The van der Waals surface area contributed by atoms with Gasteiger partial charge in [-0.25, -0.2) is 8.78 Å². The summed E-state index contributed by atoms with van der Waals surface area (Å²) in [5, 5.41) is 6.80. The molecule has 0 aliphatic rings. The van der Waals surface area contributed by atoms with Gasteiger partial charge in [0.1, 0.15) is 6.54 Å². The van der Waals surface area contributed by atoms with Crippen molar-refractivity contribution in [2.75, 3.05) is 7.05 Å². The Balaban J connectivity index is 0.00000144. The predicted molar refractivity (Wildman–Crippen MR) is 48.2 cm³/mol. The predicted octanol–water partition coefficient (Wildman–Crippen LogP) is 1.29. The maximum atomic E-state index is 11.8. The molecule has 13 heavy (non-hydrogen) atoms. The van der Waals surface area contributed by atoms with Crippen LogP contribution < -0.4 is 5.32 Å². The standard InChI is InChI=1S/C7H11F2N3.ClH/c1-10-4-6-2-3-12(11-6)5-7(8)9;/h2-3,7,10H,4-5H2,1H3;1H. The highest BCUT2D eigenvalue weighted by molar-refractivity contribution is 5.85. The number of halogens is 3. The fourth-order valence-corrected chi connectivity index (χ4v) is 0.922. The van der Waals surface area contributed by atoms with E-state index in [4.69, 9.17) is 0 Å². The molecule has 0 bridgehead atoms. The lowest BCUT2D eigenvalue weighted by Gasteiger charge is -1.98. The van der Waals surface area contributed by atoms with Crippen molar-refractivity contribution in [3.05, 3.63) is 18.0 Å². The Bertz CT molecular complexity index is 239. The summed E-state index contributed by atoms with van der Waals surface area (Å²) in [6.45, 7) is 0.278. The van der Waals surface area contributed by atoms with Gasteiger partial charge in [0.05, 0.1) is 5.69 Å². The van der Waals surface area contributed by atoms with E-state index in [9.17, 15) is 8.78 Å². The highest BCUT2D eigenvalue weighted by Gasteiger charge is 2.04. The molecule has 0 unspecified atom stereocenters. The van der Waals surface area contributed by atoms with Crippen LogP contribution >= 0.6 is 12.4 Å². The molecule has 0 saturated heterocycles. The summed E-state index contributed by atoms with van der Waals surface area (Å²) in [7, 11) is 1.78. The van der Waals surface area contributed by atoms with Crippen LogP contribution in [0.25, 0.3) is 0 Å². The lowest BCUT2D eigenvalue weighted by atomic mass is 10.4. The first kappa shape index (κ1) is 12.3. The molecule has 1 aromatic heterocycles. The van der Waals surface area contributed by atoms with Gasteiger partial charge in [-0.05, 0) is 13.1 Å². The molecule has 0 aliphatic carbocycles. The third-order valence-electron chi connectivity index (χ3n) is 1.38. The third-order valence-corrected chi connectivity index (χ3v) is 1.38. The van der Waals surface area contributed by atoms with Crippen LogP contribution in [0.2, 0.25) is 0 Å². The van der Waals surface area contributed by atoms with Crippen LogP contribution in [0.1, 0.15) is 5.69 Å². The zero-order valence-electron chi connectivity index (χ0n) is 7.20. The molecule has 0 saturated carbocycles. The van der Waals surface area contributed by atoms with Crippen LogP contribution in [0.5, 0.6) is 0 Å². The molecule has 1 N–H and O–H groups in total. The van der Waals surface area contributed by atoms with E-state index in [1.807, 2.05) is 0 Å². The smallest absolute Gasteiger partial charge is 0.257 e. The Labute approximate surface area is 81.5 Å². The number of nitrogens with zero attached hydrogens (tertiary/aromatic N) is 2. The molecule has 0 fully saturated rings. The van der Waals surface area contributed by atoms with Gasteiger partial charge in [-0.2, -0.15) is 5.10 Å². The summed E-state index contributed by atoms with van der Waals surface area (Å²) < 4.78 is 24.9. The van der Waals surface area contributed by atoms with Crippen molar-refractivity contribution < 1.29 is 8.78 Å². The maximum absolute atomic E-state index is 11.8. The average molecular weight is 212 g/mol. The Morgan fingerprint density at radius 2 is 2.31 bits per heavy atom. The minimum atomic E-state index is -2.34. The molecular weight excluding hydrogens is 200 g/mol. The molecule has 6 heteroatoms. The van der Waals surface area contributed by atoms with Gasteiger partial charge in [-0.15, -0.1) is 12.4 Å². The van der Waals surface area contributed by atoms with E-state index >= 15 is 0 Å². The fraction of sp³-hybridized carbons (Fsp3) is 0.571. The summed E-state index contributed by atoms with van der Waals surface area (Å²) in [6.07, 6.45) is -0.786. The van der Waals surface area contributed by atoms with Crippen molar-refractivity contribution in [3.8, 4) is 0 Å². The number of hydrogen-bond acceptors (Lipinski definition) is 2. The topological polar surface area (TPSA) is 29.9 Å². The largest absolute Gasteiger partial charge is 0.314 e. The second kappa shape index (κ2) is 5.88. The lowest BCUT2D eigenvalue weighted by molar-refractivity contribution is 0.121. The van der Waals surface area contributed by atoms with Crippen molar-refractivity contribution in [1.82, 2.24) is 15.1 Å². The van der Waals surface area contributed by atoms with Crippen LogP contribution in [0.3, 0.4) is 0 Å². The minimum absolute atomic E-state index is 0. The molecule has 0 aliphatic heterocycles. The van der Waals surface area contributed by atoms with Crippen molar-refractivity contribution in [3.63, 3.8) is 0 Å². The van der Waals surface area contributed by atoms with Crippen LogP contribution in [0.4, 0.5) is 8.78 Å². The zero-order valence-corrected chi connectivity index (χ0v) is 8.02. The van der Waals surface area contributed by atoms with Gasteiger partial charge in [0.2, 0.25) is 0 Å². The second-order valence-corrected chi connectivity index (χ2v) is 2.45. The summed E-state index contributed by atoms with van der Waals surface area (Å²) in [5.74, 6) is 0. The SMILES string of the molecule is CNCc1ccn(CC(F)F)n1.Cl. The normalized spacial score (nSPS) is 10.2. The molecule has 0 spiro atoms.